The van der Waals surface area contributed by atoms with Gasteiger partial charge in [-0.25, -0.2) is 17.9 Å². The van der Waals surface area contributed by atoms with Crippen molar-refractivity contribution in [3.05, 3.63) is 96.1 Å². The number of nitrogens with zero attached hydrogens (tertiary/aromatic N) is 1. The molecule has 0 fully saturated rings. The van der Waals surface area contributed by atoms with Crippen molar-refractivity contribution < 1.29 is 22.7 Å². The zero-order valence-electron chi connectivity index (χ0n) is 18.0. The molecule has 34 heavy (non-hydrogen) atoms. The maximum Gasteiger partial charge on any atom is 0.408 e. The average Bonchev–Trinajstić information content (AvgIpc) is 2.84. The number of amides is 2. The lowest BCUT2D eigenvalue weighted by molar-refractivity contribution is -0.118. The first kappa shape index (κ1) is 24.3. The Hall–Kier alpha value is -4.36. The molecule has 0 aliphatic carbocycles. The lowest BCUT2D eigenvalue weighted by Gasteiger charge is -2.19. The van der Waals surface area contributed by atoms with Crippen molar-refractivity contribution in [2.75, 3.05) is 5.32 Å². The Morgan fingerprint density at radius 2 is 1.47 bits per heavy atom. The van der Waals surface area contributed by atoms with Crippen molar-refractivity contribution in [3.63, 3.8) is 0 Å². The largest absolute Gasteiger partial charge is 0.445 e. The Kier molecular flexibility index (Phi) is 8.21. The van der Waals surface area contributed by atoms with Gasteiger partial charge in [0, 0.05) is 12.1 Å². The molecule has 0 saturated heterocycles. The standard InChI is InChI=1S/C24H22N4O5S/c25-17-26-34(31,32)21-13-11-20(12-14-21)27-23(29)22(15-18-7-3-1-4-8-18)28-24(30)33-16-19-9-5-2-6-10-19/h1-14,22,26H,15-16H2,(H,27,29)(H,28,30)/t22-/m1/s1. The molecule has 0 aliphatic rings. The van der Waals surface area contributed by atoms with Crippen molar-refractivity contribution >= 4 is 27.7 Å². The Morgan fingerprint density at radius 1 is 0.882 bits per heavy atom. The van der Waals surface area contributed by atoms with Crippen molar-refractivity contribution in [1.82, 2.24) is 10.0 Å². The number of carbonyl (C=O) groups is 2. The van der Waals surface area contributed by atoms with Crippen LogP contribution in [0.25, 0.3) is 0 Å². The molecule has 2 amide bonds. The quantitative estimate of drug-likeness (QED) is 0.319. The average molecular weight is 479 g/mol. The number of rotatable bonds is 9. The number of sulfonamides is 1. The molecule has 3 N–H and O–H groups in total. The fraction of sp³-hybridized carbons (Fsp3) is 0.125. The van der Waals surface area contributed by atoms with Crippen LogP contribution in [-0.4, -0.2) is 26.5 Å². The van der Waals surface area contributed by atoms with E-state index >= 15 is 0 Å². The van der Waals surface area contributed by atoms with Gasteiger partial charge in [0.1, 0.15) is 12.6 Å². The van der Waals surface area contributed by atoms with Crippen LogP contribution in [-0.2, 0) is 32.6 Å². The third kappa shape index (κ3) is 7.08. The van der Waals surface area contributed by atoms with Crippen molar-refractivity contribution in [3.8, 4) is 6.19 Å². The highest BCUT2D eigenvalue weighted by molar-refractivity contribution is 7.89. The lowest BCUT2D eigenvalue weighted by Crippen LogP contribution is -2.45. The van der Waals surface area contributed by atoms with Crippen LogP contribution in [0.5, 0.6) is 0 Å². The molecule has 0 radical (unpaired) electrons. The number of nitrogens with one attached hydrogen (secondary N) is 3. The topological polar surface area (TPSA) is 137 Å². The summed E-state index contributed by atoms with van der Waals surface area (Å²) in [5.41, 5.74) is 1.95. The van der Waals surface area contributed by atoms with E-state index in [1.165, 1.54) is 30.5 Å². The summed E-state index contributed by atoms with van der Waals surface area (Å²) in [6.45, 7) is 0.0546. The molecule has 0 heterocycles. The number of alkyl carbamates (subject to hydrolysis) is 1. The maximum absolute atomic E-state index is 13.0. The number of ether oxygens (including phenoxy) is 1. The number of hydrogen-bond donors (Lipinski definition) is 3. The predicted octanol–water partition coefficient (Wildman–Crippen LogP) is 2.92. The zero-order chi connectivity index (χ0) is 24.4. The summed E-state index contributed by atoms with van der Waals surface area (Å²) < 4.78 is 30.7. The van der Waals surface area contributed by atoms with Gasteiger partial charge in [-0.05, 0) is 35.4 Å². The second-order valence-electron chi connectivity index (χ2n) is 7.18. The Morgan fingerprint density at radius 3 is 2.06 bits per heavy atom. The van der Waals surface area contributed by atoms with Gasteiger partial charge in [0.2, 0.25) is 5.91 Å². The summed E-state index contributed by atoms with van der Waals surface area (Å²) >= 11 is 0. The first-order valence-corrected chi connectivity index (χ1v) is 11.7. The highest BCUT2D eigenvalue weighted by atomic mass is 32.2. The zero-order valence-corrected chi connectivity index (χ0v) is 18.8. The third-order valence-corrected chi connectivity index (χ3v) is 5.97. The lowest BCUT2D eigenvalue weighted by atomic mass is 10.1. The van der Waals surface area contributed by atoms with E-state index in [1.807, 2.05) is 60.7 Å². The second-order valence-corrected chi connectivity index (χ2v) is 8.86. The highest BCUT2D eigenvalue weighted by Gasteiger charge is 2.23. The van der Waals surface area contributed by atoms with Gasteiger partial charge < -0.3 is 15.4 Å². The fourth-order valence-corrected chi connectivity index (χ4v) is 3.76. The predicted molar refractivity (Wildman–Crippen MR) is 125 cm³/mol. The molecule has 9 nitrogen and oxygen atoms in total. The van der Waals surface area contributed by atoms with Crippen LogP contribution in [0, 0.1) is 11.5 Å². The van der Waals surface area contributed by atoms with Gasteiger partial charge in [-0.2, -0.15) is 5.26 Å². The molecule has 0 bridgehead atoms. The van der Waals surface area contributed by atoms with E-state index in [-0.39, 0.29) is 17.9 Å². The highest BCUT2D eigenvalue weighted by Crippen LogP contribution is 2.15. The summed E-state index contributed by atoms with van der Waals surface area (Å²) in [6.07, 6.45) is 0.838. The minimum Gasteiger partial charge on any atom is -0.445 e. The molecule has 174 valence electrons. The van der Waals surface area contributed by atoms with E-state index in [2.05, 4.69) is 10.6 Å². The second kappa shape index (κ2) is 11.5. The van der Waals surface area contributed by atoms with Gasteiger partial charge in [0.05, 0.1) is 4.90 Å². The van der Waals surface area contributed by atoms with Crippen molar-refractivity contribution in [2.24, 2.45) is 0 Å². The first-order chi connectivity index (χ1) is 16.4. The molecule has 0 saturated carbocycles. The molecule has 0 aromatic heterocycles. The SMILES string of the molecule is N#CNS(=O)(=O)c1ccc(NC(=O)[C@@H](Cc2ccccc2)NC(=O)OCc2ccccc2)cc1. The Labute approximate surface area is 197 Å². The van der Waals surface area contributed by atoms with Crippen LogP contribution in [0.2, 0.25) is 0 Å². The summed E-state index contributed by atoms with van der Waals surface area (Å²) in [7, 11) is -3.96. The molecule has 0 unspecified atom stereocenters. The van der Waals surface area contributed by atoms with E-state index in [9.17, 15) is 18.0 Å². The number of hydrogen-bond acceptors (Lipinski definition) is 6. The maximum atomic E-state index is 13.0. The van der Waals surface area contributed by atoms with Gasteiger partial charge in [-0.1, -0.05) is 60.7 Å². The van der Waals surface area contributed by atoms with Gasteiger partial charge in [0.15, 0.2) is 6.19 Å². The van der Waals surface area contributed by atoms with Gasteiger partial charge >= 0.3 is 6.09 Å². The van der Waals surface area contributed by atoms with E-state index in [4.69, 9.17) is 10.00 Å². The van der Waals surface area contributed by atoms with Crippen LogP contribution >= 0.6 is 0 Å². The monoisotopic (exact) mass is 478 g/mol. The smallest absolute Gasteiger partial charge is 0.408 e. The summed E-state index contributed by atoms with van der Waals surface area (Å²) in [5.74, 6) is -0.508. The van der Waals surface area contributed by atoms with Crippen LogP contribution in [0.3, 0.4) is 0 Å². The van der Waals surface area contributed by atoms with E-state index in [0.717, 1.165) is 11.1 Å². The molecule has 0 aliphatic heterocycles. The van der Waals surface area contributed by atoms with Crippen molar-refractivity contribution in [1.29, 1.82) is 5.26 Å². The first-order valence-electron chi connectivity index (χ1n) is 10.2. The molecule has 1 atom stereocenters. The minimum absolute atomic E-state index is 0.0546. The fourth-order valence-electron chi connectivity index (χ4n) is 3.03. The van der Waals surface area contributed by atoms with Crippen LogP contribution in [0.15, 0.2) is 89.8 Å². The molecule has 10 heteroatoms. The van der Waals surface area contributed by atoms with Crippen LogP contribution in [0.1, 0.15) is 11.1 Å². The summed E-state index contributed by atoms with van der Waals surface area (Å²) in [5, 5.41) is 13.8. The Bertz CT molecular complexity index is 1260. The molecule has 3 rings (SSSR count). The normalized spacial score (nSPS) is 11.5. The molecule has 3 aromatic carbocycles. The van der Waals surface area contributed by atoms with Crippen LogP contribution in [0.4, 0.5) is 10.5 Å². The number of carbonyl (C=O) groups excluding carboxylic acids is 2. The number of nitriles is 1. The van der Waals surface area contributed by atoms with E-state index in [0.29, 0.717) is 5.69 Å². The Balaban J connectivity index is 1.69. The van der Waals surface area contributed by atoms with Gasteiger partial charge in [0.25, 0.3) is 10.0 Å². The van der Waals surface area contributed by atoms with E-state index < -0.39 is 28.1 Å². The minimum atomic E-state index is -3.96. The third-order valence-electron chi connectivity index (χ3n) is 4.72. The van der Waals surface area contributed by atoms with E-state index in [1.54, 1.807) is 4.72 Å². The number of anilines is 1. The molecule has 0 spiro atoms. The summed E-state index contributed by atoms with van der Waals surface area (Å²) in [4.78, 5) is 25.2. The van der Waals surface area contributed by atoms with Gasteiger partial charge in [-0.15, -0.1) is 0 Å². The summed E-state index contributed by atoms with van der Waals surface area (Å²) in [6, 6.07) is 22.6. The number of benzene rings is 3. The molecular weight excluding hydrogens is 456 g/mol. The van der Waals surface area contributed by atoms with Gasteiger partial charge in [-0.3, -0.25) is 4.79 Å². The van der Waals surface area contributed by atoms with Crippen LogP contribution < -0.4 is 15.4 Å². The van der Waals surface area contributed by atoms with Crippen molar-refractivity contribution in [2.45, 2.75) is 24.0 Å². The molecule has 3 aromatic rings. The molecular formula is C24H22N4O5S.